The molecule has 9 heteroatoms. The van der Waals surface area contributed by atoms with Crippen LogP contribution in [0.15, 0.2) is 57.7 Å². The molecule has 1 unspecified atom stereocenters. The highest BCUT2D eigenvalue weighted by atomic mass is 32.2. The van der Waals surface area contributed by atoms with Gasteiger partial charge in [-0.1, -0.05) is 42.7 Å². The van der Waals surface area contributed by atoms with Crippen LogP contribution in [0, 0.1) is 13.8 Å². The van der Waals surface area contributed by atoms with Gasteiger partial charge in [-0.05, 0) is 38.3 Å². The highest BCUT2D eigenvalue weighted by Gasteiger charge is 2.32. The fourth-order valence-electron chi connectivity index (χ4n) is 4.36. The quantitative estimate of drug-likeness (QED) is 0.544. The number of sulfone groups is 1. The Hall–Kier alpha value is -2.78. The molecule has 0 saturated heterocycles. The molecule has 1 aliphatic carbocycles. The number of nitrogens with one attached hydrogen (secondary N) is 1. The summed E-state index contributed by atoms with van der Waals surface area (Å²) in [5.74, 6) is -0.373. The van der Waals surface area contributed by atoms with Crippen LogP contribution >= 0.6 is 11.3 Å². The second kappa shape index (κ2) is 9.61. The third kappa shape index (κ3) is 5.09. The van der Waals surface area contributed by atoms with E-state index in [9.17, 15) is 18.0 Å². The fraction of sp³-hybridized carbons (Fsp3) is 0.375. The summed E-state index contributed by atoms with van der Waals surface area (Å²) in [7, 11) is -3.57. The van der Waals surface area contributed by atoms with E-state index in [4.69, 9.17) is 0 Å². The van der Waals surface area contributed by atoms with E-state index in [1.165, 1.54) is 28.0 Å². The van der Waals surface area contributed by atoms with Gasteiger partial charge >= 0.3 is 0 Å². The number of anilines is 1. The number of nitrogens with zero attached hydrogens (tertiary/aromatic N) is 2. The van der Waals surface area contributed by atoms with Gasteiger partial charge in [-0.15, -0.1) is 11.3 Å². The van der Waals surface area contributed by atoms with Gasteiger partial charge in [-0.3, -0.25) is 9.59 Å². The van der Waals surface area contributed by atoms with Gasteiger partial charge < -0.3 is 9.88 Å². The molecule has 0 spiro atoms. The molecule has 33 heavy (non-hydrogen) atoms. The Kier molecular flexibility index (Phi) is 6.81. The molecular formula is C24H27N3O4S2. The summed E-state index contributed by atoms with van der Waals surface area (Å²) in [6, 6.07) is 9.60. The van der Waals surface area contributed by atoms with E-state index in [0.717, 1.165) is 24.0 Å². The van der Waals surface area contributed by atoms with Crippen LogP contribution in [-0.4, -0.2) is 29.1 Å². The van der Waals surface area contributed by atoms with Crippen LogP contribution in [-0.2, 0) is 21.1 Å². The molecule has 1 saturated carbocycles. The van der Waals surface area contributed by atoms with Gasteiger partial charge in [0.05, 0.1) is 10.1 Å². The highest BCUT2D eigenvalue weighted by molar-refractivity contribution is 7.92. The van der Waals surface area contributed by atoms with Crippen molar-refractivity contribution >= 4 is 32.2 Å². The second-order valence-electron chi connectivity index (χ2n) is 8.52. The molecule has 2 aromatic heterocycles. The zero-order valence-electron chi connectivity index (χ0n) is 18.7. The molecule has 1 fully saturated rings. The first-order valence-corrected chi connectivity index (χ1v) is 13.4. The number of thiazole rings is 1. The molecule has 0 radical (unpaired) electrons. The number of amides is 1. The Bertz CT molecular complexity index is 1290. The lowest BCUT2D eigenvalue weighted by molar-refractivity contribution is -0.119. The van der Waals surface area contributed by atoms with E-state index < -0.39 is 26.7 Å². The zero-order chi connectivity index (χ0) is 23.6. The van der Waals surface area contributed by atoms with E-state index in [1.54, 1.807) is 18.5 Å². The Morgan fingerprint density at radius 3 is 2.48 bits per heavy atom. The van der Waals surface area contributed by atoms with E-state index in [2.05, 4.69) is 10.3 Å². The smallest absolute Gasteiger partial charge is 0.252 e. The number of carbonyl (C=O) groups is 1. The molecule has 3 aromatic rings. The third-order valence-corrected chi connectivity index (χ3v) is 9.06. The number of aryl methyl sites for hydroxylation is 2. The van der Waals surface area contributed by atoms with Crippen LogP contribution in [0.2, 0.25) is 0 Å². The van der Waals surface area contributed by atoms with Gasteiger partial charge in [-0.25, -0.2) is 13.4 Å². The van der Waals surface area contributed by atoms with Gasteiger partial charge in [0.25, 0.3) is 5.56 Å². The average Bonchev–Trinajstić information content (AvgIpc) is 3.48. The van der Waals surface area contributed by atoms with Crippen molar-refractivity contribution in [1.82, 2.24) is 9.55 Å². The molecule has 0 bridgehead atoms. The molecule has 4 rings (SSSR count). The largest absolute Gasteiger partial charge is 0.300 e. The molecule has 174 valence electrons. The first-order chi connectivity index (χ1) is 15.8. The number of hydrogen-bond acceptors (Lipinski definition) is 6. The normalized spacial score (nSPS) is 15.5. The topological polar surface area (TPSA) is 98.1 Å². The molecule has 7 nitrogen and oxygen atoms in total. The summed E-state index contributed by atoms with van der Waals surface area (Å²) in [6.07, 6.45) is 4.89. The molecule has 2 heterocycles. The molecule has 0 aliphatic heterocycles. The third-order valence-electron chi connectivity index (χ3n) is 6.13. The lowest BCUT2D eigenvalue weighted by atomic mass is 10.0. The standard InChI is InChI=1S/C24H27N3O4S2/c1-16-7-9-18(10-8-16)14-21(23(29)26-24-25-11-12-32-24)27-17(2)13-20(15-22(27)28)33(30,31)19-5-3-4-6-19/h7-13,15,19,21H,3-6,14H2,1-2H3,(H,25,26,29). The SMILES string of the molecule is Cc1ccc(CC(C(=O)Nc2nccs2)n2c(C)cc(S(=O)(=O)C3CCCC3)cc2=O)cc1. The predicted molar refractivity (Wildman–Crippen MR) is 130 cm³/mol. The van der Waals surface area contributed by atoms with E-state index in [0.29, 0.717) is 23.7 Å². The first-order valence-electron chi connectivity index (χ1n) is 11.0. The zero-order valence-corrected chi connectivity index (χ0v) is 20.3. The van der Waals surface area contributed by atoms with Crippen LogP contribution in [0.4, 0.5) is 5.13 Å². The number of pyridine rings is 1. The maximum absolute atomic E-state index is 13.3. The second-order valence-corrected chi connectivity index (χ2v) is 11.6. The summed E-state index contributed by atoms with van der Waals surface area (Å²) in [6.45, 7) is 3.66. The lowest BCUT2D eigenvalue weighted by Gasteiger charge is -2.22. The van der Waals surface area contributed by atoms with Crippen molar-refractivity contribution in [3.8, 4) is 0 Å². The summed E-state index contributed by atoms with van der Waals surface area (Å²) in [5.41, 5.74) is 1.93. The molecule has 1 N–H and O–H groups in total. The van der Waals surface area contributed by atoms with Crippen molar-refractivity contribution in [3.63, 3.8) is 0 Å². The molecule has 1 aliphatic rings. The van der Waals surface area contributed by atoms with Gasteiger partial charge in [0.1, 0.15) is 6.04 Å². The number of hydrogen-bond donors (Lipinski definition) is 1. The molecule has 1 atom stereocenters. The Labute approximate surface area is 197 Å². The first kappa shape index (κ1) is 23.4. The highest BCUT2D eigenvalue weighted by Crippen LogP contribution is 2.30. The van der Waals surface area contributed by atoms with Crippen LogP contribution in [0.1, 0.15) is 48.5 Å². The summed E-state index contributed by atoms with van der Waals surface area (Å²) in [4.78, 5) is 30.6. The van der Waals surface area contributed by atoms with Crippen molar-refractivity contribution in [2.45, 2.75) is 62.1 Å². The minimum absolute atomic E-state index is 0.0440. The number of rotatable bonds is 7. The van der Waals surface area contributed by atoms with Crippen LogP contribution in [0.3, 0.4) is 0 Å². The predicted octanol–water partition coefficient (Wildman–Crippen LogP) is 4.06. The Balaban J connectivity index is 1.73. The summed E-state index contributed by atoms with van der Waals surface area (Å²) >= 11 is 1.29. The van der Waals surface area contributed by atoms with Crippen LogP contribution < -0.4 is 10.9 Å². The van der Waals surface area contributed by atoms with Gasteiger partial charge in [-0.2, -0.15) is 0 Å². The monoisotopic (exact) mass is 485 g/mol. The molecule has 1 aromatic carbocycles. The number of benzene rings is 1. The van der Waals surface area contributed by atoms with Crippen LogP contribution in [0.25, 0.3) is 0 Å². The fourth-order valence-corrected chi connectivity index (χ4v) is 6.83. The minimum atomic E-state index is -3.57. The van der Waals surface area contributed by atoms with E-state index in [-0.39, 0.29) is 17.2 Å². The number of aromatic nitrogens is 2. The Morgan fingerprint density at radius 2 is 1.88 bits per heavy atom. The van der Waals surface area contributed by atoms with E-state index >= 15 is 0 Å². The van der Waals surface area contributed by atoms with Crippen molar-refractivity contribution in [2.24, 2.45) is 0 Å². The van der Waals surface area contributed by atoms with Gasteiger partial charge in [0, 0.05) is 29.8 Å². The average molecular weight is 486 g/mol. The number of carbonyl (C=O) groups excluding carboxylic acids is 1. The van der Waals surface area contributed by atoms with Crippen molar-refractivity contribution in [3.05, 3.63) is 75.1 Å². The van der Waals surface area contributed by atoms with Crippen molar-refractivity contribution in [1.29, 1.82) is 0 Å². The van der Waals surface area contributed by atoms with Gasteiger partial charge in [0.2, 0.25) is 5.91 Å². The maximum atomic E-state index is 13.3. The van der Waals surface area contributed by atoms with E-state index in [1.807, 2.05) is 31.2 Å². The van der Waals surface area contributed by atoms with Crippen molar-refractivity contribution < 1.29 is 13.2 Å². The Morgan fingerprint density at radius 1 is 1.18 bits per heavy atom. The molecule has 1 amide bonds. The lowest BCUT2D eigenvalue weighted by Crippen LogP contribution is -2.36. The summed E-state index contributed by atoms with van der Waals surface area (Å²) in [5, 5.41) is 4.54. The summed E-state index contributed by atoms with van der Waals surface area (Å²) < 4.78 is 27.5. The minimum Gasteiger partial charge on any atom is -0.300 e. The maximum Gasteiger partial charge on any atom is 0.252 e. The van der Waals surface area contributed by atoms with Gasteiger partial charge in [0.15, 0.2) is 15.0 Å². The van der Waals surface area contributed by atoms with Crippen molar-refractivity contribution in [2.75, 3.05) is 5.32 Å². The molecular weight excluding hydrogens is 458 g/mol. The van der Waals surface area contributed by atoms with Crippen LogP contribution in [0.5, 0.6) is 0 Å².